The molecule has 0 aromatic heterocycles. The Hall–Kier alpha value is -2.78. The Morgan fingerprint density at radius 2 is 1.93 bits per heavy atom. The van der Waals surface area contributed by atoms with Crippen LogP contribution in [-0.4, -0.2) is 87.4 Å². The number of methoxy groups -OCH3 is 1. The Kier molecular flexibility index (Phi) is 7.65. The van der Waals surface area contributed by atoms with Crippen molar-refractivity contribution in [1.29, 1.82) is 0 Å². The van der Waals surface area contributed by atoms with Crippen LogP contribution in [0.2, 0.25) is 0 Å². The summed E-state index contributed by atoms with van der Waals surface area (Å²) in [5, 5.41) is 14.1. The summed E-state index contributed by atoms with van der Waals surface area (Å²) in [6, 6.07) is 3.27. The molecule has 0 radical (unpaired) electrons. The van der Waals surface area contributed by atoms with Crippen LogP contribution in [0.3, 0.4) is 0 Å². The molecule has 0 spiro atoms. The lowest BCUT2D eigenvalue weighted by Crippen LogP contribution is -2.46. The SMILES string of the molecule is C=CC(=O)Nc1cc(NC(=O)O)c(OC)cc1N(C)CCN1CCN(C)CC1. The number of carbonyl (C=O) groups is 2. The lowest BCUT2D eigenvalue weighted by molar-refractivity contribution is -0.111. The molecule has 1 saturated heterocycles. The Labute approximate surface area is 165 Å². The summed E-state index contributed by atoms with van der Waals surface area (Å²) in [6.45, 7) is 9.24. The topological polar surface area (TPSA) is 97.4 Å². The average molecular weight is 391 g/mol. The van der Waals surface area contributed by atoms with Gasteiger partial charge in [-0.1, -0.05) is 6.58 Å². The molecule has 0 bridgehead atoms. The van der Waals surface area contributed by atoms with Gasteiger partial charge in [0.25, 0.3) is 0 Å². The van der Waals surface area contributed by atoms with E-state index in [0.29, 0.717) is 11.4 Å². The fraction of sp³-hybridized carbons (Fsp3) is 0.474. The van der Waals surface area contributed by atoms with Crippen LogP contribution in [0, 0.1) is 0 Å². The third-order valence-corrected chi connectivity index (χ3v) is 4.76. The highest BCUT2D eigenvalue weighted by Gasteiger charge is 2.18. The van der Waals surface area contributed by atoms with Crippen LogP contribution in [0.1, 0.15) is 0 Å². The Bertz CT molecular complexity index is 717. The van der Waals surface area contributed by atoms with E-state index in [2.05, 4.69) is 34.1 Å². The van der Waals surface area contributed by atoms with Crippen molar-refractivity contribution < 1.29 is 19.4 Å². The fourth-order valence-corrected chi connectivity index (χ4v) is 3.03. The Morgan fingerprint density at radius 3 is 2.50 bits per heavy atom. The van der Waals surface area contributed by atoms with Crippen LogP contribution in [0.15, 0.2) is 24.8 Å². The predicted molar refractivity (Wildman–Crippen MR) is 111 cm³/mol. The number of likely N-dealkylation sites (N-methyl/N-ethyl adjacent to an activating group) is 2. The summed E-state index contributed by atoms with van der Waals surface area (Å²) in [5.41, 5.74) is 1.47. The van der Waals surface area contributed by atoms with Gasteiger partial charge in [-0.2, -0.15) is 0 Å². The zero-order chi connectivity index (χ0) is 20.7. The number of anilines is 3. The molecule has 9 heteroatoms. The number of nitrogens with one attached hydrogen (secondary N) is 2. The van der Waals surface area contributed by atoms with Crippen molar-refractivity contribution >= 4 is 29.1 Å². The number of piperazine rings is 1. The minimum absolute atomic E-state index is 0.255. The van der Waals surface area contributed by atoms with E-state index in [-0.39, 0.29) is 11.6 Å². The lowest BCUT2D eigenvalue weighted by Gasteiger charge is -2.34. The first-order valence-electron chi connectivity index (χ1n) is 9.11. The molecule has 1 fully saturated rings. The van der Waals surface area contributed by atoms with Gasteiger partial charge in [-0.25, -0.2) is 4.79 Å². The maximum Gasteiger partial charge on any atom is 0.409 e. The number of amides is 2. The van der Waals surface area contributed by atoms with Gasteiger partial charge in [0, 0.05) is 52.4 Å². The number of carboxylic acid groups (broad SMARTS) is 1. The number of ether oxygens (including phenoxy) is 1. The number of carbonyl (C=O) groups excluding carboxylic acids is 1. The van der Waals surface area contributed by atoms with Gasteiger partial charge in [0.05, 0.1) is 24.2 Å². The molecule has 0 saturated carbocycles. The molecule has 2 rings (SSSR count). The first-order chi connectivity index (χ1) is 13.3. The normalized spacial score (nSPS) is 15.0. The van der Waals surface area contributed by atoms with Crippen LogP contribution in [0.4, 0.5) is 21.9 Å². The molecule has 0 unspecified atom stereocenters. The highest BCUT2D eigenvalue weighted by molar-refractivity contribution is 6.02. The van der Waals surface area contributed by atoms with E-state index in [1.54, 1.807) is 12.1 Å². The summed E-state index contributed by atoms with van der Waals surface area (Å²) >= 11 is 0. The Balaban J connectivity index is 2.21. The van der Waals surface area contributed by atoms with E-state index < -0.39 is 6.09 Å². The molecule has 1 aromatic rings. The molecule has 9 nitrogen and oxygen atoms in total. The van der Waals surface area contributed by atoms with Crippen molar-refractivity contribution in [3.05, 3.63) is 24.8 Å². The Morgan fingerprint density at radius 1 is 1.25 bits per heavy atom. The second-order valence-electron chi connectivity index (χ2n) is 6.76. The van der Waals surface area contributed by atoms with Crippen LogP contribution in [-0.2, 0) is 4.79 Å². The minimum atomic E-state index is -1.21. The third kappa shape index (κ3) is 5.86. The van der Waals surface area contributed by atoms with Crippen LogP contribution in [0.5, 0.6) is 5.75 Å². The predicted octanol–water partition coefficient (Wildman–Crippen LogP) is 1.59. The standard InChI is InChI=1S/C19H29N5O4/c1-5-18(25)20-14-12-15(21-19(26)27)17(28-4)13-16(14)23(3)8-11-24-9-6-22(2)7-10-24/h5,12-13,21H,1,6-11H2,2-4H3,(H,20,25)(H,26,27). The van der Waals surface area contributed by atoms with Crippen molar-refractivity contribution in [2.24, 2.45) is 0 Å². The summed E-state index contributed by atoms with van der Waals surface area (Å²) in [6.07, 6.45) is -0.0433. The van der Waals surface area contributed by atoms with E-state index in [9.17, 15) is 9.59 Å². The lowest BCUT2D eigenvalue weighted by atomic mass is 10.2. The molecule has 1 aromatic carbocycles. The number of hydrogen-bond acceptors (Lipinski definition) is 6. The maximum absolute atomic E-state index is 11.9. The van der Waals surface area contributed by atoms with Crippen molar-refractivity contribution in [3.8, 4) is 5.75 Å². The summed E-state index contributed by atoms with van der Waals surface area (Å²) in [4.78, 5) is 29.6. The summed E-state index contributed by atoms with van der Waals surface area (Å²) < 4.78 is 5.33. The molecule has 1 heterocycles. The zero-order valence-electron chi connectivity index (χ0n) is 16.7. The molecular weight excluding hydrogens is 362 g/mol. The molecule has 3 N–H and O–H groups in total. The summed E-state index contributed by atoms with van der Waals surface area (Å²) in [7, 11) is 5.52. The third-order valence-electron chi connectivity index (χ3n) is 4.76. The number of benzene rings is 1. The van der Waals surface area contributed by atoms with E-state index in [0.717, 1.165) is 45.0 Å². The smallest absolute Gasteiger partial charge is 0.409 e. The number of hydrogen-bond donors (Lipinski definition) is 3. The van der Waals surface area contributed by atoms with Gasteiger partial charge >= 0.3 is 6.09 Å². The van der Waals surface area contributed by atoms with Crippen LogP contribution >= 0.6 is 0 Å². The average Bonchev–Trinajstić information content (AvgIpc) is 2.67. The van der Waals surface area contributed by atoms with Gasteiger partial charge in [-0.05, 0) is 19.2 Å². The van der Waals surface area contributed by atoms with Gasteiger partial charge in [0.1, 0.15) is 5.75 Å². The molecule has 1 aliphatic heterocycles. The van der Waals surface area contributed by atoms with E-state index in [4.69, 9.17) is 9.84 Å². The second-order valence-corrected chi connectivity index (χ2v) is 6.76. The second kappa shape index (κ2) is 9.95. The van der Waals surface area contributed by atoms with Gasteiger partial charge < -0.3 is 25.0 Å². The quantitative estimate of drug-likeness (QED) is 0.579. The number of rotatable bonds is 8. The van der Waals surface area contributed by atoms with Crippen molar-refractivity contribution in [2.45, 2.75) is 0 Å². The molecule has 1 aliphatic rings. The highest BCUT2D eigenvalue weighted by atomic mass is 16.5. The molecule has 0 aliphatic carbocycles. The first kappa shape index (κ1) is 21.5. The minimum Gasteiger partial charge on any atom is -0.494 e. The maximum atomic E-state index is 11.9. The van der Waals surface area contributed by atoms with Crippen molar-refractivity contribution in [1.82, 2.24) is 9.80 Å². The summed E-state index contributed by atoms with van der Waals surface area (Å²) in [5.74, 6) is 0.000564. The monoisotopic (exact) mass is 391 g/mol. The van der Waals surface area contributed by atoms with E-state index in [1.165, 1.54) is 13.2 Å². The van der Waals surface area contributed by atoms with E-state index >= 15 is 0 Å². The molecule has 154 valence electrons. The van der Waals surface area contributed by atoms with Gasteiger partial charge in [0.2, 0.25) is 5.91 Å². The van der Waals surface area contributed by atoms with E-state index in [1.807, 2.05) is 11.9 Å². The van der Waals surface area contributed by atoms with Crippen LogP contribution < -0.4 is 20.3 Å². The highest BCUT2D eigenvalue weighted by Crippen LogP contribution is 2.36. The van der Waals surface area contributed by atoms with Crippen molar-refractivity contribution in [3.63, 3.8) is 0 Å². The zero-order valence-corrected chi connectivity index (χ0v) is 16.7. The molecule has 0 atom stereocenters. The molecule has 28 heavy (non-hydrogen) atoms. The molecular formula is C19H29N5O4. The van der Waals surface area contributed by atoms with Gasteiger partial charge in [0.15, 0.2) is 0 Å². The number of nitrogens with zero attached hydrogens (tertiary/aromatic N) is 3. The first-order valence-corrected chi connectivity index (χ1v) is 9.11. The van der Waals surface area contributed by atoms with Gasteiger partial charge in [-0.15, -0.1) is 0 Å². The fourth-order valence-electron chi connectivity index (χ4n) is 3.03. The van der Waals surface area contributed by atoms with Crippen molar-refractivity contribution in [2.75, 3.05) is 76.0 Å². The van der Waals surface area contributed by atoms with Crippen LogP contribution in [0.25, 0.3) is 0 Å². The molecule has 2 amide bonds. The largest absolute Gasteiger partial charge is 0.494 e. The van der Waals surface area contributed by atoms with Gasteiger partial charge in [-0.3, -0.25) is 15.0 Å².